The van der Waals surface area contributed by atoms with Crippen LogP contribution in [0.3, 0.4) is 0 Å². The predicted octanol–water partition coefficient (Wildman–Crippen LogP) is 3.18. The first-order chi connectivity index (χ1) is 6.85. The fraction of sp³-hybridized carbons (Fsp3) is 1.00. The van der Waals surface area contributed by atoms with Crippen LogP contribution in [0.1, 0.15) is 44.9 Å². The van der Waals surface area contributed by atoms with E-state index in [4.69, 9.17) is 10.3 Å². The van der Waals surface area contributed by atoms with Crippen LogP contribution in [0, 0.1) is 0 Å². The van der Waals surface area contributed by atoms with Crippen molar-refractivity contribution in [2.24, 2.45) is 5.11 Å². The number of ether oxygens (including phenoxy) is 1. The van der Waals surface area contributed by atoms with Gasteiger partial charge in [-0.25, -0.2) is 0 Å². The molecule has 78 valence electrons. The van der Waals surface area contributed by atoms with Crippen LogP contribution in [0.25, 0.3) is 10.4 Å². The molecule has 1 spiro atoms. The molecule has 14 heavy (non-hydrogen) atoms. The molecule has 2 fully saturated rings. The minimum atomic E-state index is 0.161. The zero-order chi connectivity index (χ0) is 9.86. The highest BCUT2D eigenvalue weighted by atomic mass is 16.5. The van der Waals surface area contributed by atoms with Gasteiger partial charge in [-0.1, -0.05) is 24.4 Å². The van der Waals surface area contributed by atoms with Crippen molar-refractivity contribution < 1.29 is 4.74 Å². The Morgan fingerprint density at radius 1 is 1.29 bits per heavy atom. The molecule has 1 saturated heterocycles. The minimum Gasteiger partial charge on any atom is -0.372 e. The molecule has 1 unspecified atom stereocenters. The molecular formula is C10H17N3O. The third kappa shape index (κ3) is 2.02. The largest absolute Gasteiger partial charge is 0.372 e. The summed E-state index contributed by atoms with van der Waals surface area (Å²) in [6.07, 6.45) is 8.79. The third-order valence-corrected chi connectivity index (χ3v) is 3.45. The number of hydrogen-bond acceptors (Lipinski definition) is 2. The van der Waals surface area contributed by atoms with Crippen molar-refractivity contribution in [3.8, 4) is 0 Å². The van der Waals surface area contributed by atoms with Crippen molar-refractivity contribution in [1.29, 1.82) is 0 Å². The molecule has 4 nitrogen and oxygen atoms in total. The van der Waals surface area contributed by atoms with Crippen LogP contribution < -0.4 is 0 Å². The Hall–Kier alpha value is -0.730. The van der Waals surface area contributed by atoms with Crippen molar-refractivity contribution in [2.45, 2.75) is 56.7 Å². The van der Waals surface area contributed by atoms with E-state index in [1.54, 1.807) is 0 Å². The molecule has 4 heteroatoms. The summed E-state index contributed by atoms with van der Waals surface area (Å²) in [4.78, 5) is 2.78. The third-order valence-electron chi connectivity index (χ3n) is 3.45. The molecule has 1 aliphatic heterocycles. The van der Waals surface area contributed by atoms with E-state index in [-0.39, 0.29) is 11.7 Å². The van der Waals surface area contributed by atoms with E-state index in [0.717, 1.165) is 6.42 Å². The number of hydrogen-bond donors (Lipinski definition) is 0. The van der Waals surface area contributed by atoms with Crippen LogP contribution in [0.4, 0.5) is 0 Å². The molecule has 0 N–H and O–H groups in total. The van der Waals surface area contributed by atoms with Crippen molar-refractivity contribution in [2.75, 3.05) is 6.54 Å². The second-order valence-electron chi connectivity index (χ2n) is 4.44. The predicted molar refractivity (Wildman–Crippen MR) is 53.9 cm³/mol. The molecular weight excluding hydrogens is 178 g/mol. The number of nitrogens with zero attached hydrogens (tertiary/aromatic N) is 3. The van der Waals surface area contributed by atoms with Gasteiger partial charge < -0.3 is 4.74 Å². The zero-order valence-corrected chi connectivity index (χ0v) is 8.48. The summed E-state index contributed by atoms with van der Waals surface area (Å²) in [5.74, 6) is 0. The van der Waals surface area contributed by atoms with Gasteiger partial charge in [-0.3, -0.25) is 0 Å². The average Bonchev–Trinajstić information content (AvgIpc) is 2.60. The second-order valence-corrected chi connectivity index (χ2v) is 4.44. The highest BCUT2D eigenvalue weighted by molar-refractivity contribution is 4.91. The van der Waals surface area contributed by atoms with Gasteiger partial charge in [-0.2, -0.15) is 0 Å². The van der Waals surface area contributed by atoms with Crippen LogP contribution in [0.2, 0.25) is 0 Å². The Labute approximate surface area is 84.3 Å². The Morgan fingerprint density at radius 2 is 2.07 bits per heavy atom. The lowest BCUT2D eigenvalue weighted by Gasteiger charge is -2.33. The van der Waals surface area contributed by atoms with E-state index in [2.05, 4.69) is 10.0 Å². The van der Waals surface area contributed by atoms with Gasteiger partial charge in [-0.05, 0) is 31.2 Å². The SMILES string of the molecule is [N-]=[N+]=NCC1CCC2(CCCCC2)O1. The van der Waals surface area contributed by atoms with Crippen molar-refractivity contribution >= 4 is 0 Å². The molecule has 1 atom stereocenters. The Morgan fingerprint density at radius 3 is 2.79 bits per heavy atom. The first kappa shape index (κ1) is 9.81. The molecule has 0 amide bonds. The molecule has 0 aromatic carbocycles. The summed E-state index contributed by atoms with van der Waals surface area (Å²) in [5, 5.41) is 3.59. The van der Waals surface area contributed by atoms with Gasteiger partial charge in [0.05, 0.1) is 18.2 Å². The normalized spacial score (nSPS) is 30.1. The summed E-state index contributed by atoms with van der Waals surface area (Å²) in [7, 11) is 0. The smallest absolute Gasteiger partial charge is 0.0687 e. The van der Waals surface area contributed by atoms with Crippen molar-refractivity contribution in [1.82, 2.24) is 0 Å². The van der Waals surface area contributed by atoms with E-state index < -0.39 is 0 Å². The lowest BCUT2D eigenvalue weighted by molar-refractivity contribution is -0.0599. The number of rotatable bonds is 2. The van der Waals surface area contributed by atoms with Crippen LogP contribution >= 0.6 is 0 Å². The summed E-state index contributed by atoms with van der Waals surface area (Å²) >= 11 is 0. The maximum absolute atomic E-state index is 8.23. The van der Waals surface area contributed by atoms with E-state index in [1.165, 1.54) is 38.5 Å². The summed E-state index contributed by atoms with van der Waals surface area (Å²) in [5.41, 5.74) is 8.39. The molecule has 0 aromatic rings. The first-order valence-electron chi connectivity index (χ1n) is 5.53. The lowest BCUT2D eigenvalue weighted by Crippen LogP contribution is -2.32. The monoisotopic (exact) mass is 195 g/mol. The summed E-state index contributed by atoms with van der Waals surface area (Å²) in [6.45, 7) is 0.512. The van der Waals surface area contributed by atoms with Crippen LogP contribution in [0.15, 0.2) is 5.11 Å². The van der Waals surface area contributed by atoms with Gasteiger partial charge in [-0.15, -0.1) is 0 Å². The maximum Gasteiger partial charge on any atom is 0.0687 e. The average molecular weight is 195 g/mol. The number of azide groups is 1. The van der Waals surface area contributed by atoms with E-state index in [1.807, 2.05) is 0 Å². The quantitative estimate of drug-likeness (QED) is 0.379. The van der Waals surface area contributed by atoms with E-state index in [0.29, 0.717) is 6.54 Å². The minimum absolute atomic E-state index is 0.161. The van der Waals surface area contributed by atoms with Gasteiger partial charge in [0.25, 0.3) is 0 Å². The Kier molecular flexibility index (Phi) is 2.94. The Balaban J connectivity index is 1.88. The molecule has 1 aliphatic carbocycles. The van der Waals surface area contributed by atoms with Gasteiger partial charge in [0, 0.05) is 4.91 Å². The van der Waals surface area contributed by atoms with Gasteiger partial charge >= 0.3 is 0 Å². The van der Waals surface area contributed by atoms with Crippen LogP contribution in [-0.4, -0.2) is 18.2 Å². The summed E-state index contributed by atoms with van der Waals surface area (Å²) < 4.78 is 6.03. The topological polar surface area (TPSA) is 58.0 Å². The fourth-order valence-electron chi connectivity index (χ4n) is 2.72. The van der Waals surface area contributed by atoms with Crippen LogP contribution in [0.5, 0.6) is 0 Å². The Bertz CT molecular complexity index is 242. The molecule has 2 aliphatic rings. The van der Waals surface area contributed by atoms with Crippen molar-refractivity contribution in [3.05, 3.63) is 10.4 Å². The highest BCUT2D eigenvalue weighted by Crippen LogP contribution is 2.41. The van der Waals surface area contributed by atoms with Crippen LogP contribution in [-0.2, 0) is 4.74 Å². The van der Waals surface area contributed by atoms with Gasteiger partial charge in [0.1, 0.15) is 0 Å². The zero-order valence-electron chi connectivity index (χ0n) is 8.48. The second kappa shape index (κ2) is 4.20. The maximum atomic E-state index is 8.23. The molecule has 0 radical (unpaired) electrons. The van der Waals surface area contributed by atoms with E-state index >= 15 is 0 Å². The molecule has 2 rings (SSSR count). The molecule has 1 saturated carbocycles. The van der Waals surface area contributed by atoms with Gasteiger partial charge in [0.2, 0.25) is 0 Å². The summed E-state index contributed by atoms with van der Waals surface area (Å²) in [6, 6.07) is 0. The lowest BCUT2D eigenvalue weighted by atomic mass is 9.83. The van der Waals surface area contributed by atoms with Gasteiger partial charge in [0.15, 0.2) is 0 Å². The highest BCUT2D eigenvalue weighted by Gasteiger charge is 2.40. The van der Waals surface area contributed by atoms with Crippen molar-refractivity contribution in [3.63, 3.8) is 0 Å². The molecule has 0 bridgehead atoms. The first-order valence-corrected chi connectivity index (χ1v) is 5.53. The molecule has 1 heterocycles. The molecule has 0 aromatic heterocycles. The standard InChI is InChI=1S/C10H17N3O/c11-13-12-8-9-4-7-10(14-9)5-2-1-3-6-10/h9H,1-8H2. The fourth-order valence-corrected chi connectivity index (χ4v) is 2.72. The van der Waals surface area contributed by atoms with E-state index in [9.17, 15) is 0 Å².